The van der Waals surface area contributed by atoms with E-state index in [9.17, 15) is 4.79 Å². The highest BCUT2D eigenvalue weighted by Gasteiger charge is 2.30. The molecule has 10 heteroatoms. The second-order valence-corrected chi connectivity index (χ2v) is 8.79. The Morgan fingerprint density at radius 1 is 1.32 bits per heavy atom. The Morgan fingerprint density at radius 2 is 2.16 bits per heavy atom. The Balaban J connectivity index is 1.35. The minimum absolute atomic E-state index is 0.141. The van der Waals surface area contributed by atoms with Crippen LogP contribution >= 0.6 is 11.3 Å². The van der Waals surface area contributed by atoms with Crippen LogP contribution in [-0.2, 0) is 29.0 Å². The van der Waals surface area contributed by atoms with E-state index in [2.05, 4.69) is 49.4 Å². The third kappa shape index (κ3) is 5.62. The quantitative estimate of drug-likeness (QED) is 0.512. The molecule has 1 amide bonds. The van der Waals surface area contributed by atoms with Crippen molar-refractivity contribution in [2.75, 3.05) is 39.3 Å². The molecule has 2 fully saturated rings. The third-order valence-electron chi connectivity index (χ3n) is 5.71. The van der Waals surface area contributed by atoms with Gasteiger partial charge in [0.2, 0.25) is 0 Å². The number of nitrogens with one attached hydrogen (secondary N) is 1. The fraction of sp³-hybridized carbons (Fsp3) is 0.619. The number of hydrogen-bond acceptors (Lipinski definition) is 6. The number of piperazine rings is 1. The van der Waals surface area contributed by atoms with Crippen LogP contribution in [0.2, 0.25) is 0 Å². The lowest BCUT2D eigenvalue weighted by Gasteiger charge is -2.37. The predicted molar refractivity (Wildman–Crippen MR) is 120 cm³/mol. The molecule has 168 valence electrons. The zero-order chi connectivity index (χ0) is 21.5. The Labute approximate surface area is 187 Å². The van der Waals surface area contributed by atoms with Gasteiger partial charge >= 0.3 is 0 Å². The average Bonchev–Trinajstić information content (AvgIpc) is 3.58. The smallest absolute Gasteiger partial charge is 0.251 e. The van der Waals surface area contributed by atoms with Crippen molar-refractivity contribution in [3.63, 3.8) is 0 Å². The summed E-state index contributed by atoms with van der Waals surface area (Å²) in [6, 6.07) is 4.16. The van der Waals surface area contributed by atoms with Crippen LogP contribution in [0.25, 0.3) is 0 Å². The number of hydrogen-bond donors (Lipinski definition) is 1. The van der Waals surface area contributed by atoms with Gasteiger partial charge in [-0.05, 0) is 24.3 Å². The van der Waals surface area contributed by atoms with Crippen molar-refractivity contribution in [1.29, 1.82) is 0 Å². The first-order valence-electron chi connectivity index (χ1n) is 11.1. The van der Waals surface area contributed by atoms with Crippen molar-refractivity contribution in [3.8, 4) is 0 Å². The van der Waals surface area contributed by atoms with Gasteiger partial charge in [0.25, 0.3) is 5.91 Å². The summed E-state index contributed by atoms with van der Waals surface area (Å²) in [5, 5.41) is 13.7. The van der Waals surface area contributed by atoms with Gasteiger partial charge < -0.3 is 24.4 Å². The van der Waals surface area contributed by atoms with Crippen molar-refractivity contribution < 1.29 is 9.53 Å². The topological polar surface area (TPSA) is 87.9 Å². The van der Waals surface area contributed by atoms with E-state index in [0.29, 0.717) is 26.2 Å². The number of amides is 1. The van der Waals surface area contributed by atoms with Crippen LogP contribution in [0, 0.1) is 0 Å². The standard InChI is InChI=1S/C21H31N7O2S/c1-2-19-25-24-16-28(19)8-7-22-21(23-15-17-5-4-14-31-17)27-11-9-26(10-12-27)20(29)18-6-3-13-30-18/h4-5,14,16,18H,2-3,6-13,15H2,1H3,(H,22,23). The van der Waals surface area contributed by atoms with Crippen molar-refractivity contribution in [2.24, 2.45) is 4.99 Å². The molecule has 4 heterocycles. The maximum absolute atomic E-state index is 12.6. The molecule has 0 radical (unpaired) electrons. The van der Waals surface area contributed by atoms with E-state index in [4.69, 9.17) is 9.73 Å². The van der Waals surface area contributed by atoms with Gasteiger partial charge in [0, 0.05) is 57.2 Å². The maximum atomic E-state index is 12.6. The fourth-order valence-corrected chi connectivity index (χ4v) is 4.59. The molecule has 0 saturated carbocycles. The van der Waals surface area contributed by atoms with Crippen molar-refractivity contribution in [2.45, 2.75) is 45.4 Å². The first kappa shape index (κ1) is 21.8. The van der Waals surface area contributed by atoms with Crippen LogP contribution in [0.1, 0.15) is 30.5 Å². The molecule has 2 aromatic heterocycles. The third-order valence-corrected chi connectivity index (χ3v) is 6.57. The highest BCUT2D eigenvalue weighted by molar-refractivity contribution is 7.09. The summed E-state index contributed by atoms with van der Waals surface area (Å²) in [6.07, 6.45) is 4.22. The molecule has 0 aromatic carbocycles. The van der Waals surface area contributed by atoms with Gasteiger partial charge in [-0.1, -0.05) is 13.0 Å². The molecule has 2 aliphatic rings. The molecule has 1 unspecified atom stereocenters. The van der Waals surface area contributed by atoms with Gasteiger partial charge in [0.1, 0.15) is 18.3 Å². The average molecular weight is 446 g/mol. The number of carbonyl (C=O) groups excluding carboxylic acids is 1. The van der Waals surface area contributed by atoms with E-state index in [1.165, 1.54) is 4.88 Å². The number of carbonyl (C=O) groups is 1. The molecule has 0 bridgehead atoms. The lowest BCUT2D eigenvalue weighted by Crippen LogP contribution is -2.55. The number of nitrogens with zero attached hydrogens (tertiary/aromatic N) is 6. The fourth-order valence-electron chi connectivity index (χ4n) is 3.97. The van der Waals surface area contributed by atoms with E-state index in [0.717, 1.165) is 57.2 Å². The van der Waals surface area contributed by atoms with E-state index in [-0.39, 0.29) is 12.0 Å². The maximum Gasteiger partial charge on any atom is 0.251 e. The van der Waals surface area contributed by atoms with Crippen LogP contribution in [0.5, 0.6) is 0 Å². The number of rotatable bonds is 7. The normalized spacial score (nSPS) is 19.8. The van der Waals surface area contributed by atoms with Crippen LogP contribution in [0.4, 0.5) is 0 Å². The number of aliphatic imine (C=N–C) groups is 1. The second-order valence-electron chi connectivity index (χ2n) is 7.75. The van der Waals surface area contributed by atoms with Crippen LogP contribution in [0.3, 0.4) is 0 Å². The largest absolute Gasteiger partial charge is 0.368 e. The number of aromatic nitrogens is 3. The summed E-state index contributed by atoms with van der Waals surface area (Å²) in [4.78, 5) is 22.9. The summed E-state index contributed by atoms with van der Waals surface area (Å²) in [5.74, 6) is 2.02. The summed E-state index contributed by atoms with van der Waals surface area (Å²) >= 11 is 1.72. The van der Waals surface area contributed by atoms with Crippen molar-refractivity contribution in [1.82, 2.24) is 29.9 Å². The molecule has 0 aliphatic carbocycles. The van der Waals surface area contributed by atoms with Crippen LogP contribution in [-0.4, -0.2) is 81.9 Å². The van der Waals surface area contributed by atoms with Crippen molar-refractivity contribution in [3.05, 3.63) is 34.5 Å². The molecule has 2 aliphatic heterocycles. The van der Waals surface area contributed by atoms with Gasteiger partial charge in [-0.3, -0.25) is 4.79 Å². The van der Waals surface area contributed by atoms with E-state index < -0.39 is 0 Å². The van der Waals surface area contributed by atoms with Gasteiger partial charge in [0.15, 0.2) is 5.96 Å². The van der Waals surface area contributed by atoms with E-state index in [1.54, 1.807) is 17.7 Å². The molecule has 1 N–H and O–H groups in total. The lowest BCUT2D eigenvalue weighted by atomic mass is 10.2. The molecule has 2 aromatic rings. The summed E-state index contributed by atoms with van der Waals surface area (Å²) in [7, 11) is 0. The predicted octanol–water partition coefficient (Wildman–Crippen LogP) is 1.37. The molecule has 9 nitrogen and oxygen atoms in total. The number of aryl methyl sites for hydroxylation is 1. The first-order valence-corrected chi connectivity index (χ1v) is 11.9. The SMILES string of the molecule is CCc1nncn1CCNC(=NCc1cccs1)N1CCN(C(=O)C2CCCO2)CC1. The molecule has 1 atom stereocenters. The summed E-state index contributed by atoms with van der Waals surface area (Å²) in [5.41, 5.74) is 0. The van der Waals surface area contributed by atoms with E-state index >= 15 is 0 Å². The summed E-state index contributed by atoms with van der Waals surface area (Å²) in [6.45, 7) is 7.89. The zero-order valence-electron chi connectivity index (χ0n) is 18.1. The van der Waals surface area contributed by atoms with Gasteiger partial charge in [-0.15, -0.1) is 21.5 Å². The second kappa shape index (κ2) is 10.7. The molecular weight excluding hydrogens is 414 g/mol. The monoisotopic (exact) mass is 445 g/mol. The Hall–Kier alpha value is -2.46. The zero-order valence-corrected chi connectivity index (χ0v) is 18.9. The molecule has 31 heavy (non-hydrogen) atoms. The van der Waals surface area contributed by atoms with Crippen molar-refractivity contribution >= 4 is 23.2 Å². The molecule has 2 saturated heterocycles. The van der Waals surface area contributed by atoms with Gasteiger partial charge in [0.05, 0.1) is 6.54 Å². The van der Waals surface area contributed by atoms with Crippen LogP contribution < -0.4 is 5.32 Å². The summed E-state index contributed by atoms with van der Waals surface area (Å²) < 4.78 is 7.65. The highest BCUT2D eigenvalue weighted by Crippen LogP contribution is 2.16. The number of thiophene rings is 1. The Bertz CT molecular complexity index is 853. The number of guanidine groups is 1. The highest BCUT2D eigenvalue weighted by atomic mass is 32.1. The lowest BCUT2D eigenvalue weighted by molar-refractivity contribution is -0.142. The van der Waals surface area contributed by atoms with Gasteiger partial charge in [-0.25, -0.2) is 4.99 Å². The minimum atomic E-state index is -0.242. The van der Waals surface area contributed by atoms with E-state index in [1.807, 2.05) is 4.90 Å². The molecular formula is C21H31N7O2S. The minimum Gasteiger partial charge on any atom is -0.368 e. The van der Waals surface area contributed by atoms with Crippen LogP contribution in [0.15, 0.2) is 28.8 Å². The number of ether oxygens (including phenoxy) is 1. The Kier molecular flexibility index (Phi) is 7.52. The molecule has 4 rings (SSSR count). The first-order chi connectivity index (χ1) is 15.2. The van der Waals surface area contributed by atoms with Gasteiger partial charge in [-0.2, -0.15) is 0 Å². The Morgan fingerprint density at radius 3 is 2.87 bits per heavy atom. The molecule has 0 spiro atoms.